The van der Waals surface area contributed by atoms with Crippen molar-refractivity contribution in [2.24, 2.45) is 5.73 Å². The molecule has 1 rings (SSSR count). The fourth-order valence-corrected chi connectivity index (χ4v) is 1.79. The molecule has 3 N–H and O–H groups in total. The molecule has 0 radical (unpaired) electrons. The Morgan fingerprint density at radius 2 is 2.54 bits per heavy atom. The van der Waals surface area contributed by atoms with Crippen LogP contribution in [-0.4, -0.2) is 12.5 Å². The Labute approximate surface area is 81.9 Å². The molecular weight excluding hydrogens is 184 g/mol. The number of thiophene rings is 1. The van der Waals surface area contributed by atoms with Gasteiger partial charge in [0.1, 0.15) is 0 Å². The van der Waals surface area contributed by atoms with Crippen LogP contribution >= 0.6 is 11.3 Å². The molecule has 0 aliphatic carbocycles. The van der Waals surface area contributed by atoms with Gasteiger partial charge in [-0.3, -0.25) is 4.79 Å². The summed E-state index contributed by atoms with van der Waals surface area (Å²) in [6.45, 7) is 2.38. The van der Waals surface area contributed by atoms with Gasteiger partial charge in [-0.05, 0) is 18.4 Å². The van der Waals surface area contributed by atoms with Crippen molar-refractivity contribution in [3.63, 3.8) is 0 Å². The summed E-state index contributed by atoms with van der Waals surface area (Å²) in [7, 11) is 0. The van der Waals surface area contributed by atoms with Crippen LogP contribution in [-0.2, 0) is 4.79 Å². The molecule has 0 saturated heterocycles. The number of carbonyl (C=O) groups excluding carboxylic acids is 1. The molecule has 0 bridgehead atoms. The first-order valence-corrected chi connectivity index (χ1v) is 5.15. The van der Waals surface area contributed by atoms with Crippen molar-refractivity contribution in [2.75, 3.05) is 6.54 Å². The molecule has 0 aromatic carbocycles. The first kappa shape index (κ1) is 10.2. The molecule has 13 heavy (non-hydrogen) atoms. The largest absolute Gasteiger partial charge is 0.349 e. The highest BCUT2D eigenvalue weighted by molar-refractivity contribution is 7.10. The van der Waals surface area contributed by atoms with Crippen molar-refractivity contribution in [1.82, 2.24) is 5.32 Å². The fraction of sp³-hybridized carbons (Fsp3) is 0.444. The van der Waals surface area contributed by atoms with Crippen molar-refractivity contribution in [3.05, 3.63) is 22.4 Å². The molecule has 0 fully saturated rings. The van der Waals surface area contributed by atoms with E-state index in [4.69, 9.17) is 5.73 Å². The number of carbonyl (C=O) groups is 1. The lowest BCUT2D eigenvalue weighted by molar-refractivity contribution is -0.121. The number of hydrogen-bond donors (Lipinski definition) is 2. The van der Waals surface area contributed by atoms with Crippen LogP contribution in [0.5, 0.6) is 0 Å². The summed E-state index contributed by atoms with van der Waals surface area (Å²) in [4.78, 5) is 12.3. The van der Waals surface area contributed by atoms with Crippen LogP contribution in [0.15, 0.2) is 17.5 Å². The predicted octanol–water partition coefficient (Wildman–Crippen LogP) is 1.27. The standard InChI is InChI=1S/C9H14N2OS/c1-7(8-3-2-6-13-8)11-9(12)4-5-10/h2-3,6-7H,4-5,10H2,1H3,(H,11,12)/t7-/m0/s1. The molecular formula is C9H14N2OS. The van der Waals surface area contributed by atoms with Gasteiger partial charge in [-0.15, -0.1) is 11.3 Å². The molecule has 0 spiro atoms. The lowest BCUT2D eigenvalue weighted by Gasteiger charge is -2.11. The number of hydrogen-bond acceptors (Lipinski definition) is 3. The van der Waals surface area contributed by atoms with E-state index < -0.39 is 0 Å². The highest BCUT2D eigenvalue weighted by atomic mass is 32.1. The van der Waals surface area contributed by atoms with Gasteiger partial charge in [0.05, 0.1) is 6.04 Å². The van der Waals surface area contributed by atoms with Crippen molar-refractivity contribution >= 4 is 17.2 Å². The first-order chi connectivity index (χ1) is 6.24. The number of rotatable bonds is 4. The van der Waals surface area contributed by atoms with E-state index in [1.165, 1.54) is 4.88 Å². The molecule has 0 aliphatic rings. The maximum atomic E-state index is 11.2. The van der Waals surface area contributed by atoms with Gasteiger partial charge in [-0.1, -0.05) is 6.07 Å². The molecule has 0 aliphatic heterocycles. The van der Waals surface area contributed by atoms with Gasteiger partial charge in [0.25, 0.3) is 0 Å². The van der Waals surface area contributed by atoms with Crippen LogP contribution < -0.4 is 11.1 Å². The number of nitrogens with one attached hydrogen (secondary N) is 1. The van der Waals surface area contributed by atoms with Crippen LogP contribution in [0, 0.1) is 0 Å². The van der Waals surface area contributed by atoms with Gasteiger partial charge in [-0.25, -0.2) is 0 Å². The maximum absolute atomic E-state index is 11.2. The zero-order chi connectivity index (χ0) is 9.68. The summed E-state index contributed by atoms with van der Waals surface area (Å²) in [5.74, 6) is 0.0170. The van der Waals surface area contributed by atoms with Crippen LogP contribution in [0.25, 0.3) is 0 Å². The summed E-state index contributed by atoms with van der Waals surface area (Å²) in [5, 5.41) is 4.88. The third-order valence-corrected chi connectivity index (χ3v) is 2.77. The second-order valence-corrected chi connectivity index (χ2v) is 3.82. The minimum absolute atomic E-state index is 0.0170. The zero-order valence-corrected chi connectivity index (χ0v) is 8.43. The lowest BCUT2D eigenvalue weighted by Crippen LogP contribution is -2.27. The molecule has 1 aromatic heterocycles. The molecule has 3 nitrogen and oxygen atoms in total. The highest BCUT2D eigenvalue weighted by Gasteiger charge is 2.08. The van der Waals surface area contributed by atoms with Crippen molar-refractivity contribution in [3.8, 4) is 0 Å². The van der Waals surface area contributed by atoms with Gasteiger partial charge in [0, 0.05) is 17.8 Å². The van der Waals surface area contributed by atoms with Crippen LogP contribution in [0.3, 0.4) is 0 Å². The third kappa shape index (κ3) is 3.16. The smallest absolute Gasteiger partial charge is 0.221 e. The van der Waals surface area contributed by atoms with Crippen molar-refractivity contribution in [2.45, 2.75) is 19.4 Å². The predicted molar refractivity (Wildman–Crippen MR) is 54.5 cm³/mol. The lowest BCUT2D eigenvalue weighted by atomic mass is 10.2. The van der Waals surface area contributed by atoms with Gasteiger partial charge in [0.15, 0.2) is 0 Å². The van der Waals surface area contributed by atoms with E-state index in [2.05, 4.69) is 5.32 Å². The summed E-state index contributed by atoms with van der Waals surface area (Å²) in [6.07, 6.45) is 0.399. The van der Waals surface area contributed by atoms with Gasteiger partial charge in [-0.2, -0.15) is 0 Å². The molecule has 1 heterocycles. The van der Waals surface area contributed by atoms with Gasteiger partial charge >= 0.3 is 0 Å². The van der Waals surface area contributed by atoms with E-state index >= 15 is 0 Å². The van der Waals surface area contributed by atoms with Crippen LogP contribution in [0.1, 0.15) is 24.3 Å². The molecule has 1 atom stereocenters. The SMILES string of the molecule is C[C@H](NC(=O)CCN)c1cccs1. The third-order valence-electron chi connectivity index (χ3n) is 1.72. The van der Waals surface area contributed by atoms with Gasteiger partial charge in [0.2, 0.25) is 5.91 Å². The fourth-order valence-electron chi connectivity index (χ4n) is 1.05. The van der Waals surface area contributed by atoms with Crippen molar-refractivity contribution in [1.29, 1.82) is 0 Å². The van der Waals surface area contributed by atoms with E-state index in [0.29, 0.717) is 13.0 Å². The Balaban J connectivity index is 2.42. The Kier molecular flexibility index (Phi) is 3.92. The Hall–Kier alpha value is -0.870. The minimum atomic E-state index is 0.0170. The second kappa shape index (κ2) is 4.99. The van der Waals surface area contributed by atoms with Crippen LogP contribution in [0.4, 0.5) is 0 Å². The Bertz CT molecular complexity index is 259. The number of amides is 1. The summed E-state index contributed by atoms with van der Waals surface area (Å²) >= 11 is 1.65. The molecule has 0 unspecified atom stereocenters. The second-order valence-electron chi connectivity index (χ2n) is 2.84. The molecule has 72 valence electrons. The first-order valence-electron chi connectivity index (χ1n) is 4.27. The maximum Gasteiger partial charge on any atom is 0.221 e. The summed E-state index contributed by atoms with van der Waals surface area (Å²) in [6, 6.07) is 4.09. The van der Waals surface area contributed by atoms with E-state index in [1.54, 1.807) is 11.3 Å². The summed E-state index contributed by atoms with van der Waals surface area (Å²) in [5.41, 5.74) is 5.27. The quantitative estimate of drug-likeness (QED) is 0.765. The molecule has 1 aromatic rings. The van der Waals surface area contributed by atoms with E-state index in [0.717, 1.165) is 0 Å². The summed E-state index contributed by atoms with van der Waals surface area (Å²) < 4.78 is 0. The van der Waals surface area contributed by atoms with E-state index in [-0.39, 0.29) is 11.9 Å². The molecule has 4 heteroatoms. The Morgan fingerprint density at radius 1 is 1.77 bits per heavy atom. The topological polar surface area (TPSA) is 55.1 Å². The Morgan fingerprint density at radius 3 is 3.08 bits per heavy atom. The zero-order valence-electron chi connectivity index (χ0n) is 7.62. The van der Waals surface area contributed by atoms with E-state index in [9.17, 15) is 4.79 Å². The molecule has 0 saturated carbocycles. The van der Waals surface area contributed by atoms with E-state index in [1.807, 2.05) is 24.4 Å². The average molecular weight is 198 g/mol. The van der Waals surface area contributed by atoms with Crippen molar-refractivity contribution < 1.29 is 4.79 Å². The average Bonchev–Trinajstić information content (AvgIpc) is 2.55. The normalized spacial score (nSPS) is 12.5. The van der Waals surface area contributed by atoms with Gasteiger partial charge < -0.3 is 11.1 Å². The minimum Gasteiger partial charge on any atom is -0.349 e. The molecule has 1 amide bonds. The van der Waals surface area contributed by atoms with Crippen LogP contribution in [0.2, 0.25) is 0 Å². The number of nitrogens with two attached hydrogens (primary N) is 1. The monoisotopic (exact) mass is 198 g/mol. The highest BCUT2D eigenvalue weighted by Crippen LogP contribution is 2.17.